The van der Waals surface area contributed by atoms with Gasteiger partial charge in [0.1, 0.15) is 6.07 Å². The Morgan fingerprint density at radius 1 is 1.44 bits per heavy atom. The van der Waals surface area contributed by atoms with Crippen molar-refractivity contribution in [2.75, 3.05) is 11.4 Å². The molecular formula is C15H19ClN2. The second-order valence-electron chi connectivity index (χ2n) is 5.15. The lowest BCUT2D eigenvalue weighted by Crippen LogP contribution is -2.42. The molecule has 0 N–H and O–H groups in total. The highest BCUT2D eigenvalue weighted by molar-refractivity contribution is 6.17. The van der Waals surface area contributed by atoms with Crippen LogP contribution in [-0.4, -0.2) is 12.6 Å². The zero-order chi connectivity index (χ0) is 13.1. The van der Waals surface area contributed by atoms with E-state index in [2.05, 4.69) is 24.8 Å². The summed E-state index contributed by atoms with van der Waals surface area (Å²) in [7, 11) is 0. The minimum absolute atomic E-state index is 0.459. The van der Waals surface area contributed by atoms with Gasteiger partial charge in [0.2, 0.25) is 0 Å². The monoisotopic (exact) mass is 262 g/mol. The molecule has 1 aromatic carbocycles. The van der Waals surface area contributed by atoms with E-state index in [9.17, 15) is 5.26 Å². The van der Waals surface area contributed by atoms with Crippen LogP contribution in [0.2, 0.25) is 0 Å². The average molecular weight is 263 g/mol. The number of alkyl halides is 1. The highest BCUT2D eigenvalue weighted by Crippen LogP contribution is 2.31. The molecule has 0 spiro atoms. The SMILES string of the molecule is CC1CCCN(c2ccc(CCl)cc2C#N)C1C. The molecule has 1 aliphatic rings. The average Bonchev–Trinajstić information content (AvgIpc) is 2.41. The van der Waals surface area contributed by atoms with Gasteiger partial charge in [0, 0.05) is 18.5 Å². The number of nitriles is 1. The maximum atomic E-state index is 9.30. The van der Waals surface area contributed by atoms with Gasteiger partial charge in [0.05, 0.1) is 11.3 Å². The van der Waals surface area contributed by atoms with Gasteiger partial charge in [-0.3, -0.25) is 0 Å². The van der Waals surface area contributed by atoms with E-state index in [0.717, 1.165) is 23.4 Å². The molecule has 1 heterocycles. The van der Waals surface area contributed by atoms with E-state index in [0.29, 0.717) is 17.8 Å². The van der Waals surface area contributed by atoms with Gasteiger partial charge in [0.25, 0.3) is 0 Å². The molecule has 0 saturated carbocycles. The van der Waals surface area contributed by atoms with Gasteiger partial charge in [-0.05, 0) is 43.4 Å². The highest BCUT2D eigenvalue weighted by Gasteiger charge is 2.26. The minimum Gasteiger partial charge on any atom is -0.367 e. The first-order chi connectivity index (χ1) is 8.67. The number of hydrogen-bond donors (Lipinski definition) is 0. The quantitative estimate of drug-likeness (QED) is 0.756. The van der Waals surface area contributed by atoms with Crippen LogP contribution in [0.25, 0.3) is 0 Å². The zero-order valence-corrected chi connectivity index (χ0v) is 11.7. The minimum atomic E-state index is 0.459. The first kappa shape index (κ1) is 13.2. The van der Waals surface area contributed by atoms with E-state index in [-0.39, 0.29) is 0 Å². The van der Waals surface area contributed by atoms with Crippen LogP contribution in [0.15, 0.2) is 18.2 Å². The smallest absolute Gasteiger partial charge is 0.101 e. The summed E-state index contributed by atoms with van der Waals surface area (Å²) in [5, 5.41) is 9.30. The first-order valence-corrected chi connectivity index (χ1v) is 7.06. The number of halogens is 1. The maximum absolute atomic E-state index is 9.30. The number of nitrogens with zero attached hydrogens (tertiary/aromatic N) is 2. The normalized spacial score (nSPS) is 23.8. The molecule has 96 valence electrons. The summed E-state index contributed by atoms with van der Waals surface area (Å²) in [5.74, 6) is 1.14. The van der Waals surface area contributed by atoms with E-state index in [1.165, 1.54) is 12.8 Å². The second-order valence-corrected chi connectivity index (χ2v) is 5.42. The molecule has 2 atom stereocenters. The molecule has 2 rings (SSSR count). The first-order valence-electron chi connectivity index (χ1n) is 6.53. The maximum Gasteiger partial charge on any atom is 0.101 e. The van der Waals surface area contributed by atoms with Crippen LogP contribution < -0.4 is 4.90 Å². The summed E-state index contributed by atoms with van der Waals surface area (Å²) in [6, 6.07) is 8.78. The number of benzene rings is 1. The largest absolute Gasteiger partial charge is 0.367 e. The van der Waals surface area contributed by atoms with Crippen molar-refractivity contribution in [3.8, 4) is 6.07 Å². The Balaban J connectivity index is 2.35. The van der Waals surface area contributed by atoms with E-state index in [4.69, 9.17) is 11.6 Å². The molecule has 2 nitrogen and oxygen atoms in total. The van der Waals surface area contributed by atoms with Gasteiger partial charge in [0.15, 0.2) is 0 Å². The summed E-state index contributed by atoms with van der Waals surface area (Å²) in [6.45, 7) is 5.58. The zero-order valence-electron chi connectivity index (χ0n) is 11.0. The summed E-state index contributed by atoms with van der Waals surface area (Å²) < 4.78 is 0. The van der Waals surface area contributed by atoms with Crippen molar-refractivity contribution >= 4 is 17.3 Å². The van der Waals surface area contributed by atoms with Crippen molar-refractivity contribution in [2.24, 2.45) is 5.92 Å². The highest BCUT2D eigenvalue weighted by atomic mass is 35.5. The summed E-state index contributed by atoms with van der Waals surface area (Å²) in [4.78, 5) is 2.37. The van der Waals surface area contributed by atoms with E-state index >= 15 is 0 Å². The summed E-state index contributed by atoms with van der Waals surface area (Å²) >= 11 is 5.82. The topological polar surface area (TPSA) is 27.0 Å². The van der Waals surface area contributed by atoms with Crippen molar-refractivity contribution in [3.63, 3.8) is 0 Å². The Morgan fingerprint density at radius 3 is 2.89 bits per heavy atom. The fourth-order valence-electron chi connectivity index (χ4n) is 2.68. The Labute approximate surface area is 114 Å². The number of anilines is 1. The van der Waals surface area contributed by atoms with Crippen LogP contribution in [0.5, 0.6) is 0 Å². The Bertz CT molecular complexity index is 464. The predicted octanol–water partition coefficient (Wildman–Crippen LogP) is 3.92. The predicted molar refractivity (Wildman–Crippen MR) is 75.9 cm³/mol. The molecular weight excluding hydrogens is 244 g/mol. The van der Waals surface area contributed by atoms with Gasteiger partial charge in [-0.15, -0.1) is 11.6 Å². The molecule has 0 amide bonds. The molecule has 3 heteroatoms. The summed E-state index contributed by atoms with van der Waals surface area (Å²) in [5.41, 5.74) is 2.81. The Hall–Kier alpha value is -1.20. The van der Waals surface area contributed by atoms with Crippen LogP contribution >= 0.6 is 11.6 Å². The second kappa shape index (κ2) is 5.63. The molecule has 0 bridgehead atoms. The van der Waals surface area contributed by atoms with Crippen LogP contribution in [0.1, 0.15) is 37.8 Å². The molecule has 2 unspecified atom stereocenters. The van der Waals surface area contributed by atoms with Crippen molar-refractivity contribution in [2.45, 2.75) is 38.6 Å². The van der Waals surface area contributed by atoms with Crippen molar-refractivity contribution in [3.05, 3.63) is 29.3 Å². The number of piperidine rings is 1. The Morgan fingerprint density at radius 2 is 2.22 bits per heavy atom. The number of hydrogen-bond acceptors (Lipinski definition) is 2. The van der Waals surface area contributed by atoms with Crippen LogP contribution in [-0.2, 0) is 5.88 Å². The fraction of sp³-hybridized carbons (Fsp3) is 0.533. The van der Waals surface area contributed by atoms with Crippen LogP contribution in [0, 0.1) is 17.2 Å². The molecule has 1 aromatic rings. The third-order valence-electron chi connectivity index (χ3n) is 4.02. The van der Waals surface area contributed by atoms with Crippen LogP contribution in [0.3, 0.4) is 0 Å². The standard InChI is InChI=1S/C15H19ClN2/c1-11-4-3-7-18(12(11)2)15-6-5-13(9-16)8-14(15)10-17/h5-6,8,11-12H,3-4,7,9H2,1-2H3. The fourth-order valence-corrected chi connectivity index (χ4v) is 2.85. The lowest BCUT2D eigenvalue weighted by atomic mass is 9.91. The Kier molecular flexibility index (Phi) is 4.14. The summed E-state index contributed by atoms with van der Waals surface area (Å²) in [6.07, 6.45) is 2.48. The van der Waals surface area contributed by atoms with Crippen molar-refractivity contribution < 1.29 is 0 Å². The van der Waals surface area contributed by atoms with Gasteiger partial charge in [-0.2, -0.15) is 5.26 Å². The molecule has 0 aliphatic carbocycles. The van der Waals surface area contributed by atoms with Gasteiger partial charge >= 0.3 is 0 Å². The molecule has 0 radical (unpaired) electrons. The van der Waals surface area contributed by atoms with Gasteiger partial charge in [-0.25, -0.2) is 0 Å². The third kappa shape index (κ3) is 2.47. The lowest BCUT2D eigenvalue weighted by Gasteiger charge is -2.40. The molecule has 18 heavy (non-hydrogen) atoms. The molecule has 0 aromatic heterocycles. The van der Waals surface area contributed by atoms with Gasteiger partial charge < -0.3 is 4.90 Å². The van der Waals surface area contributed by atoms with E-state index in [1.807, 2.05) is 18.2 Å². The molecule has 1 aliphatic heterocycles. The van der Waals surface area contributed by atoms with E-state index < -0.39 is 0 Å². The van der Waals surface area contributed by atoms with Gasteiger partial charge in [-0.1, -0.05) is 13.0 Å². The van der Waals surface area contributed by atoms with Crippen LogP contribution in [0.4, 0.5) is 5.69 Å². The number of rotatable bonds is 2. The third-order valence-corrected chi connectivity index (χ3v) is 4.33. The molecule has 1 fully saturated rings. The van der Waals surface area contributed by atoms with Crippen molar-refractivity contribution in [1.82, 2.24) is 0 Å². The molecule has 1 saturated heterocycles. The lowest BCUT2D eigenvalue weighted by molar-refractivity contribution is 0.363. The van der Waals surface area contributed by atoms with Crippen molar-refractivity contribution in [1.29, 1.82) is 5.26 Å². The van der Waals surface area contributed by atoms with E-state index in [1.54, 1.807) is 0 Å².